The molecule has 19 heavy (non-hydrogen) atoms. The van der Waals surface area contributed by atoms with Crippen LogP contribution in [0.5, 0.6) is 5.75 Å². The molecule has 1 radical (unpaired) electrons. The molecule has 2 rings (SSSR count). The number of nitrogens with zero attached hydrogens (tertiary/aromatic N) is 1. The fraction of sp³-hybridized carbons (Fsp3) is 0.357. The number of benzene rings is 1. The number of carbonyl (C=O) groups excluding carboxylic acids is 1. The number of allylic oxidation sites excluding steroid dienone is 1. The van der Waals surface area contributed by atoms with E-state index in [0.29, 0.717) is 0 Å². The van der Waals surface area contributed by atoms with E-state index in [0.717, 1.165) is 17.0 Å². The average molecular weight is 474 g/mol. The van der Waals surface area contributed by atoms with Crippen molar-refractivity contribution in [2.75, 3.05) is 12.0 Å². The summed E-state index contributed by atoms with van der Waals surface area (Å²) in [6, 6.07) is 6.96. The van der Waals surface area contributed by atoms with Gasteiger partial charge in [-0.25, -0.2) is 0 Å². The summed E-state index contributed by atoms with van der Waals surface area (Å²) in [4.78, 5) is 13.3. The van der Waals surface area contributed by atoms with E-state index in [1.165, 1.54) is 0 Å². The molecule has 0 saturated carbocycles. The van der Waals surface area contributed by atoms with Crippen LogP contribution in [0.25, 0.3) is 0 Å². The molecule has 99 valence electrons. The van der Waals surface area contributed by atoms with Gasteiger partial charge in [0.05, 0.1) is 13.2 Å². The van der Waals surface area contributed by atoms with Crippen LogP contribution in [-0.2, 0) is 4.79 Å². The second-order valence-corrected chi connectivity index (χ2v) is 4.59. The Bertz CT molecular complexity index is 480. The molecule has 0 aliphatic carbocycles. The van der Waals surface area contributed by atoms with Gasteiger partial charge in [0.1, 0.15) is 5.75 Å². The van der Waals surface area contributed by atoms with Gasteiger partial charge < -0.3 is 14.7 Å². The monoisotopic (exact) mass is 474 g/mol. The molecule has 1 amide bonds. The molecule has 2 atom stereocenters. The number of carbonyl (C=O) groups is 1. The molecular formula is C14H17AcNO3. The van der Waals surface area contributed by atoms with Crippen molar-refractivity contribution in [1.29, 1.82) is 0 Å². The first-order valence-corrected chi connectivity index (χ1v) is 5.85. The van der Waals surface area contributed by atoms with Crippen LogP contribution in [0.15, 0.2) is 35.9 Å². The van der Waals surface area contributed by atoms with Gasteiger partial charge in [-0.2, -0.15) is 0 Å². The number of hydrogen-bond donors (Lipinski definition) is 1. The number of aliphatic hydroxyl groups is 1. The van der Waals surface area contributed by atoms with Crippen LogP contribution in [0.2, 0.25) is 0 Å². The third-order valence-corrected chi connectivity index (χ3v) is 2.97. The van der Waals surface area contributed by atoms with Crippen LogP contribution in [-0.4, -0.2) is 30.3 Å². The van der Waals surface area contributed by atoms with E-state index in [2.05, 4.69) is 0 Å². The van der Waals surface area contributed by atoms with Gasteiger partial charge in [0, 0.05) is 49.7 Å². The first-order chi connectivity index (χ1) is 8.54. The predicted octanol–water partition coefficient (Wildman–Crippen LogP) is 1.74. The number of ether oxygens (including phenoxy) is 1. The molecular weight excluding hydrogens is 457 g/mol. The molecule has 1 aromatic carbocycles. The number of amides is 1. The third kappa shape index (κ3) is 3.39. The van der Waals surface area contributed by atoms with Crippen molar-refractivity contribution < 1.29 is 58.7 Å². The Balaban J connectivity index is 0.00000180. The van der Waals surface area contributed by atoms with E-state index in [4.69, 9.17) is 4.74 Å². The van der Waals surface area contributed by atoms with Gasteiger partial charge in [0.2, 0.25) is 0 Å². The van der Waals surface area contributed by atoms with Crippen molar-refractivity contribution in [3.63, 3.8) is 0 Å². The summed E-state index contributed by atoms with van der Waals surface area (Å²) >= 11 is 0. The molecule has 0 aromatic heterocycles. The number of aliphatic hydroxyl groups excluding tert-OH is 1. The van der Waals surface area contributed by atoms with Gasteiger partial charge in [-0.05, 0) is 38.1 Å². The standard InChI is InChI=1S/C14H17NO3.Ac/c1-9(2)8-12-13(16)14(17)15(12)10-4-6-11(18-3)7-5-10;/h4-8,12-13,16H,1-3H3;/t12-,13?;/m0./s1. The SMILES string of the molecule is COc1ccc(N2C(=O)C(O)[C@@H]2C=C(C)C)cc1.[Ac]. The van der Waals surface area contributed by atoms with E-state index in [-0.39, 0.29) is 56.0 Å². The molecule has 0 spiro atoms. The second kappa shape index (κ2) is 6.88. The minimum Gasteiger partial charge on any atom is -0.497 e. The summed E-state index contributed by atoms with van der Waals surface area (Å²) in [5.41, 5.74) is 1.85. The minimum absolute atomic E-state index is 0. The van der Waals surface area contributed by atoms with E-state index in [1.807, 2.05) is 32.1 Å². The van der Waals surface area contributed by atoms with Crippen molar-refractivity contribution in [2.24, 2.45) is 0 Å². The molecule has 5 heteroatoms. The quantitative estimate of drug-likeness (QED) is 0.537. The number of methoxy groups -OCH3 is 1. The van der Waals surface area contributed by atoms with Crippen molar-refractivity contribution in [1.82, 2.24) is 0 Å². The zero-order valence-electron chi connectivity index (χ0n) is 11.3. The molecule has 1 N–H and O–H groups in total. The maximum atomic E-state index is 11.7. The van der Waals surface area contributed by atoms with Gasteiger partial charge in [-0.3, -0.25) is 4.79 Å². The molecule has 1 unspecified atom stereocenters. The van der Waals surface area contributed by atoms with E-state index < -0.39 is 6.10 Å². The fourth-order valence-corrected chi connectivity index (χ4v) is 2.04. The maximum absolute atomic E-state index is 11.7. The fourth-order valence-electron chi connectivity index (χ4n) is 2.04. The summed E-state index contributed by atoms with van der Waals surface area (Å²) in [7, 11) is 1.60. The van der Waals surface area contributed by atoms with Crippen LogP contribution in [0.4, 0.5) is 5.69 Å². The van der Waals surface area contributed by atoms with Crippen molar-refractivity contribution in [3.8, 4) is 5.75 Å². The molecule has 1 fully saturated rings. The Hall–Kier alpha value is -0.368. The van der Waals surface area contributed by atoms with Crippen LogP contribution in [0.1, 0.15) is 13.8 Å². The normalized spacial score (nSPS) is 21.3. The minimum atomic E-state index is -0.929. The van der Waals surface area contributed by atoms with Crippen LogP contribution in [0, 0.1) is 44.1 Å². The van der Waals surface area contributed by atoms with Gasteiger partial charge in [0.25, 0.3) is 5.91 Å². The van der Waals surface area contributed by atoms with Crippen molar-refractivity contribution in [3.05, 3.63) is 35.9 Å². The van der Waals surface area contributed by atoms with Gasteiger partial charge >= 0.3 is 0 Å². The van der Waals surface area contributed by atoms with Gasteiger partial charge in [-0.15, -0.1) is 0 Å². The Labute approximate surface area is 149 Å². The van der Waals surface area contributed by atoms with Crippen LogP contribution in [0.3, 0.4) is 0 Å². The van der Waals surface area contributed by atoms with Gasteiger partial charge in [-0.1, -0.05) is 11.6 Å². The van der Waals surface area contributed by atoms with Crippen molar-refractivity contribution in [2.45, 2.75) is 26.0 Å². The Morgan fingerprint density at radius 3 is 2.37 bits per heavy atom. The molecule has 0 bridgehead atoms. The van der Waals surface area contributed by atoms with Gasteiger partial charge in [0.15, 0.2) is 6.10 Å². The molecule has 1 saturated heterocycles. The number of rotatable bonds is 3. The summed E-state index contributed by atoms with van der Waals surface area (Å²) in [6.07, 6.45) is 0.970. The molecule has 4 nitrogen and oxygen atoms in total. The Morgan fingerprint density at radius 1 is 1.32 bits per heavy atom. The molecule has 1 aromatic rings. The smallest absolute Gasteiger partial charge is 0.258 e. The molecule has 1 heterocycles. The average Bonchev–Trinajstić information content (AvgIpc) is 2.38. The van der Waals surface area contributed by atoms with E-state index in [1.54, 1.807) is 24.1 Å². The molecule has 1 aliphatic heterocycles. The summed E-state index contributed by atoms with van der Waals surface area (Å²) in [5, 5.41) is 9.70. The predicted molar refractivity (Wildman–Crippen MR) is 69.7 cm³/mol. The van der Waals surface area contributed by atoms with Crippen LogP contribution < -0.4 is 9.64 Å². The number of hydrogen-bond acceptors (Lipinski definition) is 3. The largest absolute Gasteiger partial charge is 0.497 e. The van der Waals surface area contributed by atoms with Crippen molar-refractivity contribution >= 4 is 11.6 Å². The summed E-state index contributed by atoms with van der Waals surface area (Å²) in [6.45, 7) is 3.89. The zero-order valence-corrected chi connectivity index (χ0v) is 16.1. The van der Waals surface area contributed by atoms with E-state index in [9.17, 15) is 9.90 Å². The third-order valence-electron chi connectivity index (χ3n) is 2.97. The Kier molecular flexibility index (Phi) is 6.04. The second-order valence-electron chi connectivity index (χ2n) is 4.59. The summed E-state index contributed by atoms with van der Waals surface area (Å²) < 4.78 is 5.08. The maximum Gasteiger partial charge on any atom is 0.258 e. The zero-order chi connectivity index (χ0) is 13.3. The Morgan fingerprint density at radius 2 is 1.89 bits per heavy atom. The molecule has 1 aliphatic rings. The summed E-state index contributed by atoms with van der Waals surface area (Å²) in [5.74, 6) is 0.480. The van der Waals surface area contributed by atoms with E-state index >= 15 is 0 Å². The first kappa shape index (κ1) is 16.7. The number of anilines is 1. The van der Waals surface area contributed by atoms with Crippen LogP contribution >= 0.6 is 0 Å². The first-order valence-electron chi connectivity index (χ1n) is 5.85. The topological polar surface area (TPSA) is 49.8 Å². The number of β-lactam (4-membered cyclic amide) rings is 1.